The number of esters is 1. The van der Waals surface area contributed by atoms with Gasteiger partial charge in [0, 0.05) is 27.5 Å². The smallest absolute Gasteiger partial charge is 0.316 e. The predicted octanol–water partition coefficient (Wildman–Crippen LogP) is 3.57. The van der Waals surface area contributed by atoms with Crippen molar-refractivity contribution in [2.75, 3.05) is 12.4 Å². The maximum atomic E-state index is 12.7. The second-order valence-corrected chi connectivity index (χ2v) is 9.88. The molecule has 0 atom stereocenters. The Balaban J connectivity index is 1.66. The summed E-state index contributed by atoms with van der Waals surface area (Å²) in [6, 6.07) is 15.5. The summed E-state index contributed by atoms with van der Waals surface area (Å²) >= 11 is 1.37. The van der Waals surface area contributed by atoms with Crippen LogP contribution in [0, 0.1) is 20.8 Å². The number of primary sulfonamides is 1. The van der Waals surface area contributed by atoms with Crippen LogP contribution in [-0.2, 0) is 19.6 Å². The maximum absolute atomic E-state index is 12.7. The minimum Gasteiger partial charge on any atom is -0.457 e. The van der Waals surface area contributed by atoms with Crippen molar-refractivity contribution in [2.45, 2.75) is 30.6 Å². The molecule has 168 valence electrons. The molecule has 3 rings (SSSR count). The second kappa shape index (κ2) is 9.72. The van der Waals surface area contributed by atoms with Gasteiger partial charge in [-0.25, -0.2) is 13.6 Å². The first-order valence-corrected chi connectivity index (χ1v) is 12.3. The lowest BCUT2D eigenvalue weighted by Crippen LogP contribution is -2.16. The normalized spacial score (nSPS) is 11.4. The molecule has 0 aliphatic heterocycles. The van der Waals surface area contributed by atoms with Crippen LogP contribution in [0.25, 0.3) is 5.69 Å². The van der Waals surface area contributed by atoms with Crippen molar-refractivity contribution < 1.29 is 22.7 Å². The molecule has 32 heavy (non-hydrogen) atoms. The van der Waals surface area contributed by atoms with Crippen molar-refractivity contribution in [2.24, 2.45) is 5.14 Å². The van der Waals surface area contributed by atoms with Gasteiger partial charge in [0.1, 0.15) is 0 Å². The van der Waals surface area contributed by atoms with Crippen LogP contribution in [0.5, 0.6) is 0 Å². The quantitative estimate of drug-likeness (QED) is 0.305. The molecule has 0 saturated carbocycles. The first-order valence-electron chi connectivity index (χ1n) is 9.77. The van der Waals surface area contributed by atoms with Gasteiger partial charge in [0.05, 0.1) is 10.6 Å². The van der Waals surface area contributed by atoms with Crippen molar-refractivity contribution in [3.63, 3.8) is 0 Å². The molecule has 1 aromatic heterocycles. The molecule has 7 nitrogen and oxygen atoms in total. The molecule has 0 bridgehead atoms. The van der Waals surface area contributed by atoms with Gasteiger partial charge in [-0.3, -0.25) is 9.59 Å². The summed E-state index contributed by atoms with van der Waals surface area (Å²) in [5.74, 6) is -0.646. The average Bonchev–Trinajstić information content (AvgIpc) is 3.05. The molecule has 0 aliphatic carbocycles. The molecular formula is C23H24N2O5S2. The molecule has 0 aliphatic rings. The van der Waals surface area contributed by atoms with Gasteiger partial charge in [-0.05, 0) is 62.7 Å². The van der Waals surface area contributed by atoms with Crippen LogP contribution < -0.4 is 5.14 Å². The van der Waals surface area contributed by atoms with E-state index in [0.29, 0.717) is 16.9 Å². The number of carbonyl (C=O) groups is 2. The number of hydrogen-bond donors (Lipinski definition) is 1. The van der Waals surface area contributed by atoms with Crippen LogP contribution in [0.1, 0.15) is 27.3 Å². The van der Waals surface area contributed by atoms with Crippen LogP contribution in [-0.4, -0.2) is 37.1 Å². The molecule has 2 N–H and O–H groups in total. The summed E-state index contributed by atoms with van der Waals surface area (Å²) in [7, 11) is -3.78. The second-order valence-electron chi connectivity index (χ2n) is 7.30. The number of ketones is 1. The highest BCUT2D eigenvalue weighted by molar-refractivity contribution is 8.00. The number of Topliss-reactive ketones (excluding diaryl/α,β-unsaturated/α-hetero) is 1. The van der Waals surface area contributed by atoms with Gasteiger partial charge in [0.15, 0.2) is 6.61 Å². The average molecular weight is 473 g/mol. The summed E-state index contributed by atoms with van der Waals surface area (Å²) in [5, 5.41) is 5.15. The van der Waals surface area contributed by atoms with Crippen LogP contribution in [0.3, 0.4) is 0 Å². The third kappa shape index (κ3) is 5.48. The van der Waals surface area contributed by atoms with E-state index < -0.39 is 16.0 Å². The molecule has 0 saturated heterocycles. The highest BCUT2D eigenvalue weighted by Crippen LogP contribution is 2.23. The fourth-order valence-corrected chi connectivity index (χ4v) is 4.69. The van der Waals surface area contributed by atoms with E-state index >= 15 is 0 Å². The van der Waals surface area contributed by atoms with Gasteiger partial charge in [-0.15, -0.1) is 11.8 Å². The number of ether oxygens (including phenoxy) is 1. The number of hydrogen-bond acceptors (Lipinski definition) is 6. The van der Waals surface area contributed by atoms with Crippen LogP contribution in [0.2, 0.25) is 0 Å². The van der Waals surface area contributed by atoms with Crippen molar-refractivity contribution in [1.29, 1.82) is 0 Å². The largest absolute Gasteiger partial charge is 0.457 e. The number of benzene rings is 2. The van der Waals surface area contributed by atoms with Crippen molar-refractivity contribution in [3.05, 3.63) is 77.1 Å². The number of carbonyl (C=O) groups excluding carboxylic acids is 2. The van der Waals surface area contributed by atoms with Gasteiger partial charge in [-0.2, -0.15) is 0 Å². The maximum Gasteiger partial charge on any atom is 0.316 e. The first-order chi connectivity index (χ1) is 15.1. The number of sulfonamides is 1. The van der Waals surface area contributed by atoms with E-state index in [1.165, 1.54) is 23.9 Å². The fraction of sp³-hybridized carbons (Fsp3) is 0.217. The van der Waals surface area contributed by atoms with E-state index in [9.17, 15) is 18.0 Å². The zero-order valence-electron chi connectivity index (χ0n) is 18.0. The molecule has 0 radical (unpaired) electrons. The van der Waals surface area contributed by atoms with Crippen molar-refractivity contribution in [1.82, 2.24) is 4.57 Å². The van der Waals surface area contributed by atoms with Gasteiger partial charge >= 0.3 is 5.97 Å². The van der Waals surface area contributed by atoms with Crippen LogP contribution in [0.15, 0.2) is 64.4 Å². The Hall–Kier alpha value is -2.88. The molecule has 0 amide bonds. The summed E-state index contributed by atoms with van der Waals surface area (Å²) < 4.78 is 29.9. The Labute approximate surface area is 191 Å². The minimum absolute atomic E-state index is 0.00971. The highest BCUT2D eigenvalue weighted by atomic mass is 32.2. The van der Waals surface area contributed by atoms with Crippen LogP contribution in [0.4, 0.5) is 0 Å². The highest BCUT2D eigenvalue weighted by Gasteiger charge is 2.19. The fourth-order valence-electron chi connectivity index (χ4n) is 3.35. The molecule has 0 fully saturated rings. The first kappa shape index (κ1) is 23.8. The van der Waals surface area contributed by atoms with Gasteiger partial charge in [0.2, 0.25) is 15.8 Å². The van der Waals surface area contributed by atoms with Crippen molar-refractivity contribution in [3.8, 4) is 5.69 Å². The molecular weight excluding hydrogens is 448 g/mol. The number of nitrogens with zero attached hydrogens (tertiary/aromatic N) is 1. The third-order valence-electron chi connectivity index (χ3n) is 4.96. The zero-order valence-corrected chi connectivity index (χ0v) is 19.6. The molecule has 2 aromatic carbocycles. The lowest BCUT2D eigenvalue weighted by atomic mass is 10.1. The third-order valence-corrected chi connectivity index (χ3v) is 7.04. The molecule has 9 heteroatoms. The van der Waals surface area contributed by atoms with Gasteiger partial charge in [0.25, 0.3) is 0 Å². The molecule has 1 heterocycles. The van der Waals surface area contributed by atoms with Crippen molar-refractivity contribution >= 4 is 33.5 Å². The van der Waals surface area contributed by atoms with E-state index in [1.807, 2.05) is 42.7 Å². The SMILES string of the molecule is Cc1ccccc1SCC(=O)OCC(=O)c1cc(C)n(-c2ccc(S(N)(=O)=O)cc2)c1C. The van der Waals surface area contributed by atoms with E-state index in [-0.39, 0.29) is 23.0 Å². The Morgan fingerprint density at radius 2 is 1.69 bits per heavy atom. The monoisotopic (exact) mass is 472 g/mol. The van der Waals surface area contributed by atoms with Gasteiger partial charge in [-0.1, -0.05) is 18.2 Å². The van der Waals surface area contributed by atoms with Gasteiger partial charge < -0.3 is 9.30 Å². The number of thioether (sulfide) groups is 1. The Kier molecular flexibility index (Phi) is 7.22. The molecule has 0 spiro atoms. The Morgan fingerprint density at radius 1 is 1.03 bits per heavy atom. The van der Waals surface area contributed by atoms with E-state index in [0.717, 1.165) is 16.2 Å². The number of aryl methyl sites for hydroxylation is 2. The topological polar surface area (TPSA) is 108 Å². The lowest BCUT2D eigenvalue weighted by Gasteiger charge is -2.11. The molecule has 3 aromatic rings. The predicted molar refractivity (Wildman–Crippen MR) is 124 cm³/mol. The number of aromatic nitrogens is 1. The summed E-state index contributed by atoms with van der Waals surface area (Å²) in [5.41, 5.74) is 3.66. The van der Waals surface area contributed by atoms with E-state index in [1.54, 1.807) is 25.1 Å². The summed E-state index contributed by atoms with van der Waals surface area (Å²) in [4.78, 5) is 25.8. The van der Waals surface area contributed by atoms with E-state index in [2.05, 4.69) is 0 Å². The summed E-state index contributed by atoms with van der Waals surface area (Å²) in [6.07, 6.45) is 0. The standard InChI is InChI=1S/C23H24N2O5S2/c1-15-6-4-5-7-22(15)31-14-23(27)30-13-21(26)20-12-16(2)25(17(20)3)18-8-10-19(11-9-18)32(24,28)29/h4-12H,13-14H2,1-3H3,(H2,24,28,29). The number of rotatable bonds is 8. The molecule has 0 unspecified atom stereocenters. The number of nitrogens with two attached hydrogens (primary N) is 1. The lowest BCUT2D eigenvalue weighted by molar-refractivity contribution is -0.139. The zero-order chi connectivity index (χ0) is 23.5. The van der Waals surface area contributed by atoms with E-state index in [4.69, 9.17) is 9.88 Å². The Bertz CT molecular complexity index is 1260. The minimum atomic E-state index is -3.78. The Morgan fingerprint density at radius 3 is 2.31 bits per heavy atom. The van der Waals surface area contributed by atoms with Crippen LogP contribution >= 0.6 is 11.8 Å². The summed E-state index contributed by atoms with van der Waals surface area (Å²) in [6.45, 7) is 5.24.